The second kappa shape index (κ2) is 17.1. The number of hydrogen-bond donors (Lipinski definition) is 2. The van der Waals surface area contributed by atoms with Crippen molar-refractivity contribution < 1.29 is 24.5 Å². The van der Waals surface area contributed by atoms with Gasteiger partial charge >= 0.3 is 5.97 Å². The fourth-order valence-electron chi connectivity index (χ4n) is 3.97. The second-order valence-electron chi connectivity index (χ2n) is 9.04. The van der Waals surface area contributed by atoms with Gasteiger partial charge in [0.15, 0.2) is 0 Å². The van der Waals surface area contributed by atoms with Crippen LogP contribution in [0.3, 0.4) is 0 Å². The monoisotopic (exact) mass is 632 g/mol. The summed E-state index contributed by atoms with van der Waals surface area (Å²) in [5, 5.41) is 22.4. The average Bonchev–Trinajstić information content (AvgIpc) is 3.62. The molecule has 0 amide bonds. The highest BCUT2D eigenvalue weighted by Crippen LogP contribution is 2.36. The van der Waals surface area contributed by atoms with Gasteiger partial charge in [0.1, 0.15) is 18.1 Å². The molecule has 2 atom stereocenters. The van der Waals surface area contributed by atoms with Crippen molar-refractivity contribution in [3.05, 3.63) is 36.4 Å². The molecule has 11 heteroatoms. The first-order valence-corrected chi connectivity index (χ1v) is 19.4. The molecule has 5 nitrogen and oxygen atoms in total. The Morgan fingerprint density at radius 3 is 1.95 bits per heavy atom. The number of aliphatic hydroxyl groups excluding tert-OH is 2. The first-order valence-electron chi connectivity index (χ1n) is 12.9. The van der Waals surface area contributed by atoms with Crippen LogP contribution in [-0.4, -0.2) is 90.2 Å². The Bertz CT molecular complexity index is 999. The van der Waals surface area contributed by atoms with Crippen LogP contribution < -0.4 is 9.47 Å². The number of carbonyl (C=O) groups is 1. The molecule has 38 heavy (non-hydrogen) atoms. The number of thioether (sulfide) groups is 6. The molecule has 210 valence electrons. The molecule has 0 aliphatic carbocycles. The molecule has 2 heterocycles. The van der Waals surface area contributed by atoms with E-state index in [0.29, 0.717) is 27.6 Å². The highest BCUT2D eigenvalue weighted by molar-refractivity contribution is 8.20. The zero-order chi connectivity index (χ0) is 26.6. The number of carbonyl (C=O) groups excluding carboxylic acids is 1. The minimum absolute atomic E-state index is 0.0101. The largest absolute Gasteiger partial charge is 0.491 e. The number of fused-ring (bicyclic) bond motifs is 1. The quantitative estimate of drug-likeness (QED) is 0.128. The van der Waals surface area contributed by atoms with Crippen molar-refractivity contribution in [2.75, 3.05) is 52.6 Å². The van der Waals surface area contributed by atoms with Crippen LogP contribution in [0.2, 0.25) is 0 Å². The summed E-state index contributed by atoms with van der Waals surface area (Å²) in [6, 6.07) is 11.2. The van der Waals surface area contributed by atoms with Gasteiger partial charge in [0.2, 0.25) is 0 Å². The van der Waals surface area contributed by atoms with Crippen LogP contribution in [0.5, 0.6) is 11.5 Å². The number of rotatable bonds is 16. The van der Waals surface area contributed by atoms with E-state index in [1.54, 1.807) is 29.6 Å². The Morgan fingerprint density at radius 1 is 0.816 bits per heavy atom. The lowest BCUT2D eigenvalue weighted by Crippen LogP contribution is -2.20. The normalized spacial score (nSPS) is 18.2. The van der Waals surface area contributed by atoms with Gasteiger partial charge in [-0.2, -0.15) is 23.5 Å². The lowest BCUT2D eigenvalue weighted by atomic mass is 10.1. The number of ether oxygens (including phenoxy) is 2. The minimum atomic E-state index is -0.699. The summed E-state index contributed by atoms with van der Waals surface area (Å²) in [6.45, 7) is 0.264. The van der Waals surface area contributed by atoms with Crippen molar-refractivity contribution in [2.24, 2.45) is 0 Å². The first kappa shape index (κ1) is 30.9. The SMILES string of the molecule is O=C(CC(O)CSCCC1SCCS1)Oc1ccc2cc(OCC(O)CSCCC3SCCS3)ccc2c1. The maximum atomic E-state index is 12.3. The van der Waals surface area contributed by atoms with Gasteiger partial charge in [0, 0.05) is 34.5 Å². The van der Waals surface area contributed by atoms with E-state index in [-0.39, 0.29) is 13.0 Å². The van der Waals surface area contributed by atoms with Crippen molar-refractivity contribution >= 4 is 87.3 Å². The number of esters is 1. The van der Waals surface area contributed by atoms with Crippen LogP contribution in [0.25, 0.3) is 10.8 Å². The van der Waals surface area contributed by atoms with Crippen LogP contribution >= 0.6 is 70.6 Å². The molecule has 0 bridgehead atoms. The maximum Gasteiger partial charge on any atom is 0.313 e. The zero-order valence-electron chi connectivity index (χ0n) is 21.3. The van der Waals surface area contributed by atoms with Crippen LogP contribution in [0.1, 0.15) is 19.3 Å². The molecule has 2 saturated heterocycles. The molecule has 2 aliphatic heterocycles. The van der Waals surface area contributed by atoms with Gasteiger partial charge in [-0.15, -0.1) is 47.0 Å². The summed E-state index contributed by atoms with van der Waals surface area (Å²) in [5.41, 5.74) is 0. The standard InChI is InChI=1S/C27H36O5S6/c28-21(17-33-7-5-26-35-9-10-36-26)15-25(30)32-24-4-2-19-13-23(3-1-20(19)14-24)31-16-22(29)18-34-8-6-27-37-11-12-38-27/h1-4,13-14,21-22,26-29H,5-12,15-18H2. The highest BCUT2D eigenvalue weighted by atomic mass is 32.2. The Morgan fingerprint density at radius 2 is 1.34 bits per heavy atom. The zero-order valence-corrected chi connectivity index (χ0v) is 26.2. The van der Waals surface area contributed by atoms with E-state index in [1.807, 2.05) is 77.4 Å². The van der Waals surface area contributed by atoms with Crippen molar-refractivity contribution in [3.63, 3.8) is 0 Å². The van der Waals surface area contributed by atoms with E-state index in [4.69, 9.17) is 9.47 Å². The maximum absolute atomic E-state index is 12.3. The van der Waals surface area contributed by atoms with Crippen LogP contribution in [-0.2, 0) is 4.79 Å². The van der Waals surface area contributed by atoms with Crippen LogP contribution in [0.4, 0.5) is 0 Å². The number of hydrogen-bond acceptors (Lipinski definition) is 11. The Balaban J connectivity index is 1.13. The minimum Gasteiger partial charge on any atom is -0.491 e. The van der Waals surface area contributed by atoms with Crippen LogP contribution in [0, 0.1) is 0 Å². The van der Waals surface area contributed by atoms with Crippen molar-refractivity contribution in [3.8, 4) is 11.5 Å². The summed E-state index contributed by atoms with van der Waals surface area (Å²) < 4.78 is 12.7. The van der Waals surface area contributed by atoms with E-state index in [9.17, 15) is 15.0 Å². The molecule has 0 aromatic heterocycles. The highest BCUT2D eigenvalue weighted by Gasteiger charge is 2.18. The third-order valence-corrected chi connectivity index (χ3v) is 14.5. The van der Waals surface area contributed by atoms with E-state index in [2.05, 4.69) is 0 Å². The Labute approximate surface area is 251 Å². The molecule has 2 aromatic carbocycles. The third-order valence-electron chi connectivity index (χ3n) is 5.86. The van der Waals surface area contributed by atoms with Gasteiger partial charge in [0.25, 0.3) is 0 Å². The molecule has 2 N–H and O–H groups in total. The molecule has 2 fully saturated rings. The molecule has 0 saturated carbocycles. The molecule has 2 aromatic rings. The molecule has 2 aliphatic rings. The van der Waals surface area contributed by atoms with Gasteiger partial charge < -0.3 is 19.7 Å². The van der Waals surface area contributed by atoms with E-state index >= 15 is 0 Å². The van der Waals surface area contributed by atoms with E-state index < -0.39 is 18.2 Å². The summed E-state index contributed by atoms with van der Waals surface area (Å²) in [5.74, 6) is 9.04. The van der Waals surface area contributed by atoms with Gasteiger partial charge in [-0.05, 0) is 59.4 Å². The fourth-order valence-corrected chi connectivity index (χ4v) is 12.1. The summed E-state index contributed by atoms with van der Waals surface area (Å²) in [7, 11) is 0. The first-order chi connectivity index (χ1) is 18.5. The molecular weight excluding hydrogens is 597 g/mol. The summed E-state index contributed by atoms with van der Waals surface area (Å²) >= 11 is 11.6. The lowest BCUT2D eigenvalue weighted by molar-refractivity contribution is -0.136. The fraction of sp³-hybridized carbons (Fsp3) is 0.593. The van der Waals surface area contributed by atoms with Gasteiger partial charge in [0.05, 0.1) is 27.8 Å². The molecule has 2 unspecified atom stereocenters. The van der Waals surface area contributed by atoms with Crippen molar-refractivity contribution in [2.45, 2.75) is 40.6 Å². The summed E-state index contributed by atoms with van der Waals surface area (Å²) in [6.07, 6.45) is 1.12. The third kappa shape index (κ3) is 11.1. The van der Waals surface area contributed by atoms with E-state index in [0.717, 1.165) is 33.3 Å². The smallest absolute Gasteiger partial charge is 0.313 e. The molecule has 4 rings (SSSR count). The lowest BCUT2D eigenvalue weighted by Gasteiger charge is -2.14. The molecule has 0 radical (unpaired) electrons. The number of benzene rings is 2. The second-order valence-corrected chi connectivity index (χ2v) is 17.2. The average molecular weight is 633 g/mol. The van der Waals surface area contributed by atoms with Gasteiger partial charge in [-0.25, -0.2) is 0 Å². The Kier molecular flexibility index (Phi) is 13.9. The van der Waals surface area contributed by atoms with Gasteiger partial charge in [-0.3, -0.25) is 4.79 Å². The van der Waals surface area contributed by atoms with Crippen LogP contribution in [0.15, 0.2) is 36.4 Å². The van der Waals surface area contributed by atoms with Gasteiger partial charge in [-0.1, -0.05) is 12.1 Å². The molecular formula is C27H36O5S6. The predicted octanol–water partition coefficient (Wildman–Crippen LogP) is 6.09. The summed E-state index contributed by atoms with van der Waals surface area (Å²) in [4.78, 5) is 12.3. The van der Waals surface area contributed by atoms with E-state index in [1.165, 1.54) is 29.4 Å². The molecule has 0 spiro atoms. The Hall–Kier alpha value is -0.0100. The van der Waals surface area contributed by atoms with Crippen molar-refractivity contribution in [1.82, 2.24) is 0 Å². The number of aliphatic hydroxyl groups is 2. The topological polar surface area (TPSA) is 76.0 Å². The predicted molar refractivity (Wildman–Crippen MR) is 173 cm³/mol. The van der Waals surface area contributed by atoms with Crippen molar-refractivity contribution in [1.29, 1.82) is 0 Å².